The molecule has 4 N–H and O–H groups in total. The van der Waals surface area contributed by atoms with Gasteiger partial charge in [-0.3, -0.25) is 0 Å². The maximum atomic E-state index is 6.66. The Hall–Kier alpha value is 0.0169. The van der Waals surface area contributed by atoms with Crippen LogP contribution in [0.15, 0.2) is 0 Å². The normalized spacial score (nSPS) is 15.5. The fraction of sp³-hybridized carbons (Fsp3) is 1.00. The van der Waals surface area contributed by atoms with Gasteiger partial charge in [-0.05, 0) is 46.6 Å². The number of nitrogens with two attached hydrogens (primary N) is 2. The lowest BCUT2D eigenvalue weighted by Gasteiger charge is -2.43. The molecule has 5 nitrogen and oxygen atoms in total. The van der Waals surface area contributed by atoms with Crippen LogP contribution >= 0.6 is 0 Å². The first-order valence-electron chi connectivity index (χ1n) is 7.46. The Labute approximate surface area is 119 Å². The molecule has 0 heterocycles. The largest absolute Gasteiger partial charge is 0.521 e. The van der Waals surface area contributed by atoms with Gasteiger partial charge in [-0.15, -0.1) is 0 Å². The topological polar surface area (TPSA) is 79.7 Å². The van der Waals surface area contributed by atoms with Crippen LogP contribution in [0.25, 0.3) is 0 Å². The molecule has 0 saturated heterocycles. The van der Waals surface area contributed by atoms with Crippen LogP contribution in [0.1, 0.15) is 53.4 Å². The molecular weight excluding hydrogens is 260 g/mol. The van der Waals surface area contributed by atoms with Crippen LogP contribution < -0.4 is 11.5 Å². The summed E-state index contributed by atoms with van der Waals surface area (Å²) >= 11 is 0. The highest BCUT2D eigenvalue weighted by molar-refractivity contribution is 6.64. The molecule has 0 aromatic rings. The van der Waals surface area contributed by atoms with Gasteiger partial charge in [0, 0.05) is 19.8 Å². The first-order valence-corrected chi connectivity index (χ1v) is 9.19. The highest BCUT2D eigenvalue weighted by Crippen LogP contribution is 2.31. The van der Waals surface area contributed by atoms with Crippen molar-refractivity contribution in [1.82, 2.24) is 0 Å². The van der Waals surface area contributed by atoms with E-state index in [1.807, 2.05) is 20.8 Å². The second kappa shape index (κ2) is 9.85. The van der Waals surface area contributed by atoms with E-state index < -0.39 is 14.0 Å². The summed E-state index contributed by atoms with van der Waals surface area (Å²) in [4.78, 5) is 0. The first kappa shape index (κ1) is 19.0. The van der Waals surface area contributed by atoms with Crippen molar-refractivity contribution < 1.29 is 13.3 Å². The summed E-state index contributed by atoms with van der Waals surface area (Å²) in [5.41, 5.74) is 12.3. The van der Waals surface area contributed by atoms with Gasteiger partial charge in [0.25, 0.3) is 0 Å². The molecule has 1 atom stereocenters. The minimum absolute atomic E-state index is 0.539. The van der Waals surface area contributed by atoms with Crippen molar-refractivity contribution in [2.75, 3.05) is 26.4 Å². The summed E-state index contributed by atoms with van der Waals surface area (Å²) in [6.07, 6.45) is 3.45. The lowest BCUT2D eigenvalue weighted by atomic mass is 10.1. The Morgan fingerprint density at radius 2 is 1.37 bits per heavy atom. The van der Waals surface area contributed by atoms with E-state index in [0.717, 1.165) is 25.7 Å². The van der Waals surface area contributed by atoms with Crippen molar-refractivity contribution in [3.63, 3.8) is 0 Å². The quantitative estimate of drug-likeness (QED) is 0.536. The molecule has 0 aromatic heterocycles. The lowest BCUT2D eigenvalue weighted by Crippen LogP contribution is -2.70. The van der Waals surface area contributed by atoms with E-state index in [0.29, 0.717) is 26.4 Å². The summed E-state index contributed by atoms with van der Waals surface area (Å²) in [6.45, 7) is 10.3. The summed E-state index contributed by atoms with van der Waals surface area (Å²) in [6, 6.07) is 0. The molecule has 6 heteroatoms. The van der Waals surface area contributed by atoms with Gasteiger partial charge < -0.3 is 24.7 Å². The molecular formula is C13H32N2O3Si. The average Bonchev–Trinajstić information content (AvgIpc) is 2.37. The molecule has 0 rings (SSSR count). The minimum Gasteiger partial charge on any atom is -0.373 e. The summed E-state index contributed by atoms with van der Waals surface area (Å²) < 4.78 is 17.9. The van der Waals surface area contributed by atoms with E-state index in [4.69, 9.17) is 24.7 Å². The maximum absolute atomic E-state index is 6.66. The third-order valence-electron chi connectivity index (χ3n) is 3.14. The molecule has 0 aromatic carbocycles. The second-order valence-corrected chi connectivity index (χ2v) is 7.63. The smallest absolute Gasteiger partial charge is 0.373 e. The van der Waals surface area contributed by atoms with Gasteiger partial charge in [-0.25, -0.2) is 0 Å². The van der Waals surface area contributed by atoms with E-state index in [2.05, 4.69) is 6.92 Å². The summed E-state index contributed by atoms with van der Waals surface area (Å²) in [5, 5.41) is -0.539. The monoisotopic (exact) mass is 292 g/mol. The maximum Gasteiger partial charge on any atom is 0.521 e. The van der Waals surface area contributed by atoms with Crippen LogP contribution in [-0.2, 0) is 13.3 Å². The zero-order chi connectivity index (χ0) is 14.8. The second-order valence-electron chi connectivity index (χ2n) is 4.65. The Morgan fingerprint density at radius 3 is 1.68 bits per heavy atom. The number of hydrogen-bond donors (Lipinski definition) is 2. The minimum atomic E-state index is -2.89. The van der Waals surface area contributed by atoms with Crippen LogP contribution in [0.2, 0.25) is 0 Å². The Balaban J connectivity index is 5.27. The van der Waals surface area contributed by atoms with Gasteiger partial charge in [0.1, 0.15) is 0 Å². The Morgan fingerprint density at radius 1 is 0.895 bits per heavy atom. The predicted octanol–water partition coefficient (Wildman–Crippen LogP) is 1.81. The molecule has 0 aliphatic rings. The van der Waals surface area contributed by atoms with Gasteiger partial charge in [0.2, 0.25) is 0 Å². The SMILES string of the molecule is CCCC(N)(CCCN)[Si](OCC)(OCC)OCC. The van der Waals surface area contributed by atoms with Crippen LogP contribution in [0.3, 0.4) is 0 Å². The van der Waals surface area contributed by atoms with E-state index >= 15 is 0 Å². The molecule has 0 amide bonds. The van der Waals surface area contributed by atoms with Crippen molar-refractivity contribution in [1.29, 1.82) is 0 Å². The molecule has 0 fully saturated rings. The summed E-state index contributed by atoms with van der Waals surface area (Å²) in [7, 11) is -2.89. The van der Waals surface area contributed by atoms with Gasteiger partial charge in [-0.1, -0.05) is 13.3 Å². The molecule has 0 bridgehead atoms. The van der Waals surface area contributed by atoms with Gasteiger partial charge in [0.15, 0.2) is 0 Å². The van der Waals surface area contributed by atoms with Crippen molar-refractivity contribution in [3.8, 4) is 0 Å². The molecule has 116 valence electrons. The average molecular weight is 292 g/mol. The Bertz CT molecular complexity index is 215. The molecule has 0 radical (unpaired) electrons. The van der Waals surface area contributed by atoms with Crippen molar-refractivity contribution in [2.24, 2.45) is 11.5 Å². The lowest BCUT2D eigenvalue weighted by molar-refractivity contribution is 0.0408. The van der Waals surface area contributed by atoms with Crippen molar-refractivity contribution >= 4 is 8.80 Å². The van der Waals surface area contributed by atoms with Crippen molar-refractivity contribution in [3.05, 3.63) is 0 Å². The van der Waals surface area contributed by atoms with Crippen LogP contribution in [0.5, 0.6) is 0 Å². The Kier molecular flexibility index (Phi) is 9.86. The molecule has 0 aliphatic heterocycles. The molecule has 19 heavy (non-hydrogen) atoms. The highest BCUT2D eigenvalue weighted by atomic mass is 28.4. The van der Waals surface area contributed by atoms with E-state index in [1.54, 1.807) is 0 Å². The molecule has 1 unspecified atom stereocenters. The zero-order valence-corrected chi connectivity index (χ0v) is 14.0. The number of rotatable bonds is 12. The molecule has 0 saturated carbocycles. The first-order chi connectivity index (χ1) is 9.05. The van der Waals surface area contributed by atoms with Crippen LogP contribution in [-0.4, -0.2) is 40.3 Å². The fourth-order valence-corrected chi connectivity index (χ4v) is 5.71. The van der Waals surface area contributed by atoms with E-state index in [1.165, 1.54) is 0 Å². The van der Waals surface area contributed by atoms with Gasteiger partial charge in [-0.2, -0.15) is 0 Å². The van der Waals surface area contributed by atoms with Gasteiger partial charge in [0.05, 0.1) is 5.16 Å². The third kappa shape index (κ3) is 5.13. The zero-order valence-electron chi connectivity index (χ0n) is 13.0. The van der Waals surface area contributed by atoms with E-state index in [9.17, 15) is 0 Å². The van der Waals surface area contributed by atoms with E-state index in [-0.39, 0.29) is 0 Å². The fourth-order valence-electron chi connectivity index (χ4n) is 2.42. The van der Waals surface area contributed by atoms with Crippen LogP contribution in [0.4, 0.5) is 0 Å². The molecule has 0 aliphatic carbocycles. The standard InChI is InChI=1S/C13H32N2O3Si/c1-5-10-13(15,11-9-12-14)19(16-6-2,17-7-3)18-8-4/h5-12,14-15H2,1-4H3. The predicted molar refractivity (Wildman–Crippen MR) is 80.7 cm³/mol. The van der Waals surface area contributed by atoms with Crippen LogP contribution in [0, 0.1) is 0 Å². The number of hydrogen-bond acceptors (Lipinski definition) is 5. The molecule has 0 spiro atoms. The van der Waals surface area contributed by atoms with Crippen molar-refractivity contribution in [2.45, 2.75) is 58.5 Å². The van der Waals surface area contributed by atoms with Gasteiger partial charge >= 0.3 is 8.80 Å². The summed E-state index contributed by atoms with van der Waals surface area (Å²) in [5.74, 6) is 0. The third-order valence-corrected chi connectivity index (χ3v) is 6.86. The highest BCUT2D eigenvalue weighted by Gasteiger charge is 2.57.